The van der Waals surface area contributed by atoms with E-state index in [2.05, 4.69) is 10.3 Å². The highest BCUT2D eigenvalue weighted by Crippen LogP contribution is 2.28. The second-order valence-electron chi connectivity index (χ2n) is 6.33. The Morgan fingerprint density at radius 3 is 2.62 bits per heavy atom. The van der Waals surface area contributed by atoms with Crippen LogP contribution >= 0.6 is 0 Å². The Hall–Kier alpha value is -3.43. The van der Waals surface area contributed by atoms with Gasteiger partial charge in [0, 0.05) is 31.7 Å². The van der Waals surface area contributed by atoms with Crippen LogP contribution in [0.3, 0.4) is 0 Å². The van der Waals surface area contributed by atoms with E-state index < -0.39 is 41.6 Å². The highest BCUT2D eigenvalue weighted by molar-refractivity contribution is 5.76. The summed E-state index contributed by atoms with van der Waals surface area (Å²) in [5, 5.41) is 2.61. The zero-order chi connectivity index (χ0) is 21.2. The topological polar surface area (TPSA) is 68.9 Å². The van der Waals surface area contributed by atoms with E-state index in [-0.39, 0.29) is 0 Å². The number of nitrogens with one attached hydrogen (secondary N) is 1. The van der Waals surface area contributed by atoms with Gasteiger partial charge in [0.2, 0.25) is 5.91 Å². The molecular formula is C19H16F4N4O2. The minimum Gasteiger partial charge on any atom is -0.341 e. The van der Waals surface area contributed by atoms with Gasteiger partial charge in [0.15, 0.2) is 0 Å². The van der Waals surface area contributed by atoms with Gasteiger partial charge in [-0.15, -0.1) is 0 Å². The number of carbonyl (C=O) groups is 1. The lowest BCUT2D eigenvalue weighted by Crippen LogP contribution is -2.36. The number of nitrogens with zero attached hydrogens (tertiary/aromatic N) is 3. The number of alkyl halides is 3. The highest BCUT2D eigenvalue weighted by atomic mass is 19.4. The Labute approximate surface area is 162 Å². The van der Waals surface area contributed by atoms with E-state index in [4.69, 9.17) is 0 Å². The second-order valence-corrected chi connectivity index (χ2v) is 6.33. The summed E-state index contributed by atoms with van der Waals surface area (Å²) >= 11 is 0. The van der Waals surface area contributed by atoms with Crippen molar-refractivity contribution in [2.24, 2.45) is 7.05 Å². The SMILES string of the molecule is Cn1ccnc1C(NC(=O)Cn1cc(C(F)(F)F)ccc1=O)c1cccc(F)c1. The molecule has 1 atom stereocenters. The van der Waals surface area contributed by atoms with Crippen molar-refractivity contribution < 1.29 is 22.4 Å². The van der Waals surface area contributed by atoms with Crippen molar-refractivity contribution in [3.63, 3.8) is 0 Å². The molecule has 0 aliphatic heterocycles. The predicted octanol–water partition coefficient (Wildman–Crippen LogP) is 2.65. The molecule has 2 aromatic heterocycles. The van der Waals surface area contributed by atoms with Gasteiger partial charge in [-0.05, 0) is 23.8 Å². The second kappa shape index (κ2) is 7.90. The Morgan fingerprint density at radius 1 is 1.24 bits per heavy atom. The average Bonchev–Trinajstić information content (AvgIpc) is 3.06. The predicted molar refractivity (Wildman–Crippen MR) is 95.3 cm³/mol. The van der Waals surface area contributed by atoms with Crippen LogP contribution in [-0.2, 0) is 24.6 Å². The number of aryl methyl sites for hydroxylation is 1. The molecule has 6 nitrogen and oxygen atoms in total. The van der Waals surface area contributed by atoms with Gasteiger partial charge in [0.05, 0.1) is 5.56 Å². The van der Waals surface area contributed by atoms with Crippen LogP contribution in [0.25, 0.3) is 0 Å². The molecule has 0 saturated carbocycles. The first-order valence-electron chi connectivity index (χ1n) is 8.45. The molecular weight excluding hydrogens is 392 g/mol. The first-order valence-corrected chi connectivity index (χ1v) is 8.45. The number of halogens is 4. The summed E-state index contributed by atoms with van der Waals surface area (Å²) in [6.45, 7) is -0.640. The summed E-state index contributed by atoms with van der Waals surface area (Å²) in [6.07, 6.45) is -0.945. The minimum absolute atomic E-state index is 0.389. The zero-order valence-corrected chi connectivity index (χ0v) is 15.2. The van der Waals surface area contributed by atoms with E-state index in [1.807, 2.05) is 0 Å². The van der Waals surface area contributed by atoms with Crippen LogP contribution in [0.1, 0.15) is 23.0 Å². The van der Waals surface area contributed by atoms with Crippen molar-refractivity contribution in [3.05, 3.63) is 88.1 Å². The Morgan fingerprint density at radius 2 is 2.00 bits per heavy atom. The molecule has 0 aliphatic rings. The number of carbonyl (C=O) groups excluding carboxylic acids is 1. The van der Waals surface area contributed by atoms with E-state index in [1.54, 1.807) is 23.9 Å². The lowest BCUT2D eigenvalue weighted by molar-refractivity contribution is -0.138. The van der Waals surface area contributed by atoms with Crippen molar-refractivity contribution in [1.29, 1.82) is 0 Å². The van der Waals surface area contributed by atoms with Crippen LogP contribution in [0.5, 0.6) is 0 Å². The van der Waals surface area contributed by atoms with E-state index in [1.165, 1.54) is 24.4 Å². The molecule has 0 radical (unpaired) electrons. The molecule has 0 spiro atoms. The van der Waals surface area contributed by atoms with Crippen LogP contribution in [-0.4, -0.2) is 20.0 Å². The summed E-state index contributed by atoms with van der Waals surface area (Å²) in [7, 11) is 1.68. The molecule has 3 rings (SSSR count). The third kappa shape index (κ3) is 4.71. The van der Waals surface area contributed by atoms with Gasteiger partial charge < -0.3 is 14.5 Å². The molecule has 3 aromatic rings. The molecule has 152 valence electrons. The summed E-state index contributed by atoms with van der Waals surface area (Å²) in [5.74, 6) is -0.867. The molecule has 0 saturated heterocycles. The van der Waals surface area contributed by atoms with E-state index in [0.29, 0.717) is 28.2 Å². The summed E-state index contributed by atoms with van der Waals surface area (Å²) in [6, 6.07) is 6.04. The fourth-order valence-electron chi connectivity index (χ4n) is 2.82. The molecule has 0 aliphatic carbocycles. The lowest BCUT2D eigenvalue weighted by Gasteiger charge is -2.20. The Bertz CT molecular complexity index is 1090. The molecule has 10 heteroatoms. The number of pyridine rings is 1. The van der Waals surface area contributed by atoms with Crippen LogP contribution in [0.4, 0.5) is 17.6 Å². The fraction of sp³-hybridized carbons (Fsp3) is 0.211. The largest absolute Gasteiger partial charge is 0.417 e. The fourth-order valence-corrected chi connectivity index (χ4v) is 2.82. The van der Waals surface area contributed by atoms with Crippen LogP contribution < -0.4 is 10.9 Å². The maximum Gasteiger partial charge on any atom is 0.417 e. The van der Waals surface area contributed by atoms with Gasteiger partial charge >= 0.3 is 6.18 Å². The lowest BCUT2D eigenvalue weighted by atomic mass is 10.1. The van der Waals surface area contributed by atoms with Gasteiger partial charge in [-0.3, -0.25) is 9.59 Å². The first-order chi connectivity index (χ1) is 13.6. The number of aromatic nitrogens is 3. The standard InChI is InChI=1S/C19H16F4N4O2/c1-26-8-7-24-18(26)17(12-3-2-4-14(20)9-12)25-15(28)11-27-10-13(19(21,22)23)5-6-16(27)29/h2-10,17H,11H2,1H3,(H,25,28). The van der Waals surface area contributed by atoms with Gasteiger partial charge in [0.25, 0.3) is 5.56 Å². The first kappa shape index (κ1) is 20.3. The third-order valence-corrected chi connectivity index (χ3v) is 4.23. The number of hydrogen-bond donors (Lipinski definition) is 1. The van der Waals surface area contributed by atoms with Gasteiger partial charge in [-0.2, -0.15) is 13.2 Å². The number of imidazole rings is 1. The smallest absolute Gasteiger partial charge is 0.341 e. The normalized spacial score (nSPS) is 12.6. The third-order valence-electron chi connectivity index (χ3n) is 4.23. The number of rotatable bonds is 5. The van der Waals surface area contributed by atoms with Gasteiger partial charge in [-0.25, -0.2) is 9.37 Å². The molecule has 2 heterocycles. The Kier molecular flexibility index (Phi) is 5.53. The highest BCUT2D eigenvalue weighted by Gasteiger charge is 2.31. The van der Waals surface area contributed by atoms with Gasteiger partial charge in [0.1, 0.15) is 24.2 Å². The molecule has 1 amide bonds. The average molecular weight is 408 g/mol. The van der Waals surface area contributed by atoms with Crippen LogP contribution in [0, 0.1) is 5.82 Å². The van der Waals surface area contributed by atoms with Crippen LogP contribution in [0.15, 0.2) is 59.8 Å². The quantitative estimate of drug-likeness (QED) is 0.660. The molecule has 0 bridgehead atoms. The van der Waals surface area contributed by atoms with Gasteiger partial charge in [-0.1, -0.05) is 12.1 Å². The van der Waals surface area contributed by atoms with E-state index in [9.17, 15) is 27.2 Å². The monoisotopic (exact) mass is 408 g/mol. The van der Waals surface area contributed by atoms with Crippen LogP contribution in [0.2, 0.25) is 0 Å². The molecule has 29 heavy (non-hydrogen) atoms. The number of hydrogen-bond acceptors (Lipinski definition) is 3. The Balaban J connectivity index is 1.88. The molecule has 1 N–H and O–H groups in total. The zero-order valence-electron chi connectivity index (χ0n) is 15.2. The minimum atomic E-state index is -4.65. The molecule has 0 fully saturated rings. The molecule has 1 aromatic carbocycles. The summed E-state index contributed by atoms with van der Waals surface area (Å²) in [4.78, 5) is 28.5. The maximum absolute atomic E-state index is 13.7. The van der Waals surface area contributed by atoms with E-state index in [0.717, 1.165) is 6.07 Å². The van der Waals surface area contributed by atoms with Crippen molar-refractivity contribution in [3.8, 4) is 0 Å². The molecule has 1 unspecified atom stereocenters. The number of benzene rings is 1. The van der Waals surface area contributed by atoms with Crippen molar-refractivity contribution in [2.45, 2.75) is 18.8 Å². The van der Waals surface area contributed by atoms with E-state index >= 15 is 0 Å². The van der Waals surface area contributed by atoms with Crippen molar-refractivity contribution >= 4 is 5.91 Å². The maximum atomic E-state index is 13.7. The van der Waals surface area contributed by atoms with Crippen molar-refractivity contribution in [2.75, 3.05) is 0 Å². The summed E-state index contributed by atoms with van der Waals surface area (Å²) in [5.41, 5.74) is -1.41. The van der Waals surface area contributed by atoms with Crippen molar-refractivity contribution in [1.82, 2.24) is 19.4 Å². The summed E-state index contributed by atoms with van der Waals surface area (Å²) < 4.78 is 54.6. The number of amides is 1.